The topological polar surface area (TPSA) is 80.3 Å². The highest BCUT2D eigenvalue weighted by Gasteiger charge is 2.30. The smallest absolute Gasteiger partial charge is 0.416 e. The van der Waals surface area contributed by atoms with Gasteiger partial charge in [0.05, 0.1) is 10.5 Å². The molecule has 0 radical (unpaired) electrons. The van der Waals surface area contributed by atoms with Gasteiger partial charge < -0.3 is 10.1 Å². The molecule has 37 heavy (non-hydrogen) atoms. The summed E-state index contributed by atoms with van der Waals surface area (Å²) in [6.45, 7) is 1.20. The van der Waals surface area contributed by atoms with E-state index < -0.39 is 21.8 Å². The van der Waals surface area contributed by atoms with Crippen molar-refractivity contribution in [3.05, 3.63) is 90.8 Å². The normalized spacial score (nSPS) is 11.8. The fourth-order valence-electron chi connectivity index (χ4n) is 3.73. The average Bonchev–Trinajstić information content (AvgIpc) is 2.87. The number of sulfonamides is 1. The molecule has 0 aliphatic heterocycles. The Labute approximate surface area is 214 Å². The lowest BCUT2D eigenvalue weighted by Gasteiger charge is -2.14. The minimum atomic E-state index is -4.43. The molecule has 6 nitrogen and oxygen atoms in total. The summed E-state index contributed by atoms with van der Waals surface area (Å²) in [6.07, 6.45) is -1.27. The molecular weight excluding hydrogens is 503 g/mol. The summed E-state index contributed by atoms with van der Waals surface area (Å²) in [6, 6.07) is 18.7. The molecule has 4 rings (SSSR count). The first-order valence-electron chi connectivity index (χ1n) is 11.2. The number of benzene rings is 3. The van der Waals surface area contributed by atoms with Crippen LogP contribution in [0, 0.1) is 0 Å². The molecule has 0 atom stereocenters. The maximum atomic E-state index is 13.1. The number of nitrogens with zero attached hydrogens (tertiary/aromatic N) is 1. The van der Waals surface area contributed by atoms with Crippen molar-refractivity contribution in [3.8, 4) is 16.9 Å². The van der Waals surface area contributed by atoms with Gasteiger partial charge in [-0.15, -0.1) is 0 Å². The van der Waals surface area contributed by atoms with Crippen molar-refractivity contribution >= 4 is 20.8 Å². The lowest BCUT2D eigenvalue weighted by molar-refractivity contribution is -0.137. The molecule has 0 spiro atoms. The number of alkyl halides is 3. The van der Waals surface area contributed by atoms with Gasteiger partial charge in [0.2, 0.25) is 10.0 Å². The molecule has 0 amide bonds. The monoisotopic (exact) mass is 531 g/mol. The fourth-order valence-corrected chi connectivity index (χ4v) is 4.99. The van der Waals surface area contributed by atoms with E-state index in [0.29, 0.717) is 35.4 Å². The van der Waals surface area contributed by atoms with E-state index in [0.717, 1.165) is 17.5 Å². The number of nitrogens with one attached hydrogen (secondary N) is 2. The van der Waals surface area contributed by atoms with Crippen LogP contribution in [0.25, 0.3) is 21.9 Å². The Hall–Kier alpha value is -3.47. The Morgan fingerprint density at radius 3 is 2.49 bits per heavy atom. The SMILES string of the molecule is C.O=S(=O)(NCCNCCOc1ccccc1-c1cccc(C(F)(F)F)c1)c1cccc2cnccc12. The van der Waals surface area contributed by atoms with E-state index in [4.69, 9.17) is 4.74 Å². The quantitative estimate of drug-likeness (QED) is 0.264. The highest BCUT2D eigenvalue weighted by Crippen LogP contribution is 2.35. The molecular formula is C27H28F3N3O3S. The van der Waals surface area contributed by atoms with Gasteiger partial charge in [-0.05, 0) is 35.9 Å². The number of hydrogen-bond donors (Lipinski definition) is 2. The first-order chi connectivity index (χ1) is 17.3. The van der Waals surface area contributed by atoms with Crippen molar-refractivity contribution in [2.45, 2.75) is 18.5 Å². The van der Waals surface area contributed by atoms with E-state index >= 15 is 0 Å². The van der Waals surface area contributed by atoms with Crippen LogP contribution in [0.15, 0.2) is 90.1 Å². The molecule has 0 fully saturated rings. The van der Waals surface area contributed by atoms with Gasteiger partial charge in [0.1, 0.15) is 12.4 Å². The zero-order valence-corrected chi connectivity index (χ0v) is 19.9. The molecule has 0 aliphatic carbocycles. The molecule has 1 heterocycles. The Bertz CT molecular complexity index is 1440. The third kappa shape index (κ3) is 7.06. The summed E-state index contributed by atoms with van der Waals surface area (Å²) in [5.41, 5.74) is 0.243. The van der Waals surface area contributed by atoms with Crippen molar-refractivity contribution < 1.29 is 26.3 Å². The first-order valence-corrected chi connectivity index (χ1v) is 12.7. The van der Waals surface area contributed by atoms with E-state index in [9.17, 15) is 21.6 Å². The van der Waals surface area contributed by atoms with E-state index in [1.54, 1.807) is 67.0 Å². The molecule has 0 bridgehead atoms. The van der Waals surface area contributed by atoms with Crippen molar-refractivity contribution in [3.63, 3.8) is 0 Å². The van der Waals surface area contributed by atoms with Gasteiger partial charge in [-0.1, -0.05) is 49.9 Å². The summed E-state index contributed by atoms with van der Waals surface area (Å²) in [5.74, 6) is 0.463. The van der Waals surface area contributed by atoms with Gasteiger partial charge in [0.25, 0.3) is 0 Å². The van der Waals surface area contributed by atoms with Gasteiger partial charge in [0, 0.05) is 48.4 Å². The molecule has 0 saturated carbocycles. The largest absolute Gasteiger partial charge is 0.492 e. The van der Waals surface area contributed by atoms with Gasteiger partial charge in [-0.2, -0.15) is 13.2 Å². The third-order valence-electron chi connectivity index (χ3n) is 5.45. The zero-order chi connectivity index (χ0) is 25.6. The number of aromatic nitrogens is 1. The molecule has 3 aromatic carbocycles. The van der Waals surface area contributed by atoms with Crippen LogP contribution in [0.4, 0.5) is 13.2 Å². The number of ether oxygens (including phenoxy) is 1. The molecule has 10 heteroatoms. The van der Waals surface area contributed by atoms with Crippen LogP contribution in [0.5, 0.6) is 5.75 Å². The molecule has 4 aromatic rings. The van der Waals surface area contributed by atoms with Crippen LogP contribution in [-0.2, 0) is 16.2 Å². The number of fused-ring (bicyclic) bond motifs is 1. The summed E-state index contributed by atoms with van der Waals surface area (Å²) >= 11 is 0. The van der Waals surface area contributed by atoms with Crippen LogP contribution < -0.4 is 14.8 Å². The fraction of sp³-hybridized carbons (Fsp3) is 0.222. The lowest BCUT2D eigenvalue weighted by atomic mass is 10.0. The van der Waals surface area contributed by atoms with Gasteiger partial charge >= 0.3 is 6.18 Å². The molecule has 0 saturated heterocycles. The van der Waals surface area contributed by atoms with Gasteiger partial charge in [-0.25, -0.2) is 13.1 Å². The summed E-state index contributed by atoms with van der Waals surface area (Å²) in [7, 11) is -3.70. The van der Waals surface area contributed by atoms with Gasteiger partial charge in [-0.3, -0.25) is 4.98 Å². The minimum Gasteiger partial charge on any atom is -0.492 e. The minimum absolute atomic E-state index is 0. The zero-order valence-electron chi connectivity index (χ0n) is 19.1. The predicted octanol–water partition coefficient (Wildman–Crippen LogP) is 5.50. The Kier molecular flexibility index (Phi) is 9.25. The van der Waals surface area contributed by atoms with Crippen molar-refractivity contribution in [1.82, 2.24) is 15.0 Å². The number of pyridine rings is 1. The maximum absolute atomic E-state index is 13.1. The van der Waals surface area contributed by atoms with Crippen LogP contribution in [0.1, 0.15) is 13.0 Å². The van der Waals surface area contributed by atoms with Crippen molar-refractivity contribution in [2.75, 3.05) is 26.2 Å². The number of para-hydroxylation sites is 1. The van der Waals surface area contributed by atoms with E-state index in [2.05, 4.69) is 15.0 Å². The van der Waals surface area contributed by atoms with E-state index in [1.165, 1.54) is 6.07 Å². The second-order valence-electron chi connectivity index (χ2n) is 7.92. The maximum Gasteiger partial charge on any atom is 0.416 e. The van der Waals surface area contributed by atoms with Crippen molar-refractivity contribution in [1.29, 1.82) is 0 Å². The average molecular weight is 532 g/mol. The molecule has 0 unspecified atom stereocenters. The third-order valence-corrected chi connectivity index (χ3v) is 6.97. The molecule has 0 aliphatic rings. The molecule has 1 aromatic heterocycles. The Morgan fingerprint density at radius 2 is 1.68 bits per heavy atom. The first kappa shape index (κ1) is 28.1. The lowest BCUT2D eigenvalue weighted by Crippen LogP contribution is -2.33. The molecule has 2 N–H and O–H groups in total. The molecule has 196 valence electrons. The van der Waals surface area contributed by atoms with Gasteiger partial charge in [0.15, 0.2) is 0 Å². The second-order valence-corrected chi connectivity index (χ2v) is 9.66. The Morgan fingerprint density at radius 1 is 0.892 bits per heavy atom. The van der Waals surface area contributed by atoms with Crippen LogP contribution in [-0.4, -0.2) is 39.6 Å². The highest BCUT2D eigenvalue weighted by atomic mass is 32.2. The van der Waals surface area contributed by atoms with E-state index in [1.807, 2.05) is 0 Å². The summed E-state index contributed by atoms with van der Waals surface area (Å²) in [5, 5.41) is 4.43. The van der Waals surface area contributed by atoms with Crippen LogP contribution >= 0.6 is 0 Å². The summed E-state index contributed by atoms with van der Waals surface area (Å²) < 4.78 is 73.1. The number of rotatable bonds is 10. The van der Waals surface area contributed by atoms with Crippen LogP contribution in [0.3, 0.4) is 0 Å². The number of hydrogen-bond acceptors (Lipinski definition) is 5. The highest BCUT2D eigenvalue weighted by molar-refractivity contribution is 7.89. The van der Waals surface area contributed by atoms with Crippen molar-refractivity contribution in [2.24, 2.45) is 0 Å². The standard InChI is InChI=1S/C26H24F3N3O3S.CH4/c27-26(28,29)21-7-3-5-19(17-21)22-8-1-2-9-24(22)35-16-15-30-13-14-32-36(33,34)25-10-4-6-20-18-31-12-11-23(20)25;/h1-12,17-18,30,32H,13-16H2;1H4. The van der Waals surface area contributed by atoms with E-state index in [-0.39, 0.29) is 25.5 Å². The Balaban J connectivity index is 0.00000380. The summed E-state index contributed by atoms with van der Waals surface area (Å²) in [4.78, 5) is 4.21. The second kappa shape index (κ2) is 12.2. The number of halogens is 3. The van der Waals surface area contributed by atoms with Crippen LogP contribution in [0.2, 0.25) is 0 Å². The predicted molar refractivity (Wildman–Crippen MR) is 139 cm³/mol.